The first-order valence-electron chi connectivity index (χ1n) is 2.71. The Morgan fingerprint density at radius 2 is 2.10 bits per heavy atom. The predicted octanol–water partition coefficient (Wildman–Crippen LogP) is -0.0442. The van der Waals surface area contributed by atoms with Gasteiger partial charge in [-0.1, -0.05) is 6.92 Å². The second-order valence-electron chi connectivity index (χ2n) is 1.46. The molecule has 0 atom stereocenters. The van der Waals surface area contributed by atoms with Crippen molar-refractivity contribution in [2.24, 2.45) is 0 Å². The van der Waals surface area contributed by atoms with Crippen LogP contribution in [-0.4, -0.2) is 23.7 Å². The maximum Gasteiger partial charge on any atom is 0.342 e. The first-order chi connectivity index (χ1) is 4.66. The number of carbonyl (C=O) groups is 2. The van der Waals surface area contributed by atoms with Crippen LogP contribution in [0.1, 0.15) is 13.3 Å². The second-order valence-corrected chi connectivity index (χ2v) is 1.46. The van der Waals surface area contributed by atoms with Gasteiger partial charge in [0.25, 0.3) is 0 Å². The Morgan fingerprint density at radius 3 is 2.50 bits per heavy atom. The van der Waals surface area contributed by atoms with Gasteiger partial charge in [-0.25, -0.2) is 9.59 Å². The highest BCUT2D eigenvalue weighted by molar-refractivity contribution is 5.69. The van der Waals surface area contributed by atoms with Crippen LogP contribution in [0.2, 0.25) is 0 Å². The first-order valence-corrected chi connectivity index (χ1v) is 2.71. The lowest BCUT2D eigenvalue weighted by Gasteiger charge is -1.96. The Hall–Kier alpha value is -1.10. The minimum Gasteiger partial charge on any atom is -0.479 e. The summed E-state index contributed by atoms with van der Waals surface area (Å²) in [6.45, 7) is 0.957. The highest BCUT2D eigenvalue weighted by Gasteiger charge is 2.01. The summed E-state index contributed by atoms with van der Waals surface area (Å²) in [6, 6.07) is 0. The molecule has 0 aliphatic heterocycles. The molecular weight excluding hydrogens is 140 g/mol. The molecule has 0 aromatic carbocycles. The van der Waals surface area contributed by atoms with Crippen LogP contribution in [-0.2, 0) is 19.4 Å². The smallest absolute Gasteiger partial charge is 0.342 e. The summed E-state index contributed by atoms with van der Waals surface area (Å²) in [7, 11) is 0. The van der Waals surface area contributed by atoms with E-state index in [0.717, 1.165) is 0 Å². The third-order valence-corrected chi connectivity index (χ3v) is 0.623. The Morgan fingerprint density at radius 1 is 1.50 bits per heavy atom. The maximum atomic E-state index is 10.3. The summed E-state index contributed by atoms with van der Waals surface area (Å²) in [6.07, 6.45) is 0.166. The molecule has 0 radical (unpaired) electrons. The highest BCUT2D eigenvalue weighted by Crippen LogP contribution is 1.84. The van der Waals surface area contributed by atoms with E-state index in [-0.39, 0.29) is 6.42 Å². The molecule has 0 amide bonds. The molecule has 58 valence electrons. The van der Waals surface area contributed by atoms with E-state index < -0.39 is 18.5 Å². The van der Waals surface area contributed by atoms with Gasteiger partial charge >= 0.3 is 11.9 Å². The molecule has 1 N–H and O–H groups in total. The maximum absolute atomic E-state index is 10.3. The molecule has 10 heavy (non-hydrogen) atoms. The van der Waals surface area contributed by atoms with Gasteiger partial charge in [0, 0.05) is 6.42 Å². The van der Waals surface area contributed by atoms with E-state index >= 15 is 0 Å². The summed E-state index contributed by atoms with van der Waals surface area (Å²) in [5, 5.41) is 7.98. The zero-order chi connectivity index (χ0) is 7.98. The standard InChI is InChI=1S/C5H8O5/c1-2-5(8)10-9-3-4(6)7/h2-3H2,1H3,(H,6,7). The normalized spacial score (nSPS) is 8.90. The van der Waals surface area contributed by atoms with E-state index in [0.29, 0.717) is 0 Å². The topological polar surface area (TPSA) is 72.8 Å². The molecule has 0 aliphatic rings. The number of hydrogen-bond acceptors (Lipinski definition) is 4. The minimum absolute atomic E-state index is 0.166. The van der Waals surface area contributed by atoms with Crippen LogP contribution in [0.25, 0.3) is 0 Å². The lowest BCUT2D eigenvalue weighted by atomic mass is 10.5. The van der Waals surface area contributed by atoms with Gasteiger partial charge in [0.2, 0.25) is 0 Å². The number of carbonyl (C=O) groups excluding carboxylic acids is 1. The molecule has 0 aromatic rings. The van der Waals surface area contributed by atoms with Crippen molar-refractivity contribution in [2.75, 3.05) is 6.61 Å². The fourth-order valence-corrected chi connectivity index (χ4v) is 0.205. The lowest BCUT2D eigenvalue weighted by molar-refractivity contribution is -0.270. The predicted molar refractivity (Wildman–Crippen MR) is 30.0 cm³/mol. The second kappa shape index (κ2) is 4.75. The van der Waals surface area contributed by atoms with Crippen LogP contribution < -0.4 is 0 Å². The van der Waals surface area contributed by atoms with Gasteiger partial charge < -0.3 is 5.11 Å². The highest BCUT2D eigenvalue weighted by atomic mass is 17.2. The summed E-state index contributed by atoms with van der Waals surface area (Å²) in [5.41, 5.74) is 0. The molecule has 0 aliphatic carbocycles. The minimum atomic E-state index is -1.18. The first kappa shape index (κ1) is 8.90. The van der Waals surface area contributed by atoms with Gasteiger partial charge in [-0.2, -0.15) is 4.89 Å². The quantitative estimate of drug-likeness (QED) is 0.447. The zero-order valence-corrected chi connectivity index (χ0v) is 5.49. The zero-order valence-electron chi connectivity index (χ0n) is 5.49. The van der Waals surface area contributed by atoms with Crippen molar-refractivity contribution in [3.8, 4) is 0 Å². The Bertz CT molecular complexity index is 130. The van der Waals surface area contributed by atoms with Crippen LogP contribution in [0.5, 0.6) is 0 Å². The van der Waals surface area contributed by atoms with Crippen molar-refractivity contribution in [1.82, 2.24) is 0 Å². The van der Waals surface area contributed by atoms with E-state index in [2.05, 4.69) is 9.78 Å². The third kappa shape index (κ3) is 5.04. The van der Waals surface area contributed by atoms with Gasteiger partial charge in [0.15, 0.2) is 6.61 Å². The van der Waals surface area contributed by atoms with Crippen molar-refractivity contribution in [3.63, 3.8) is 0 Å². The van der Waals surface area contributed by atoms with Crippen LogP contribution >= 0.6 is 0 Å². The molecule has 0 fully saturated rings. The van der Waals surface area contributed by atoms with Gasteiger partial charge in [0.1, 0.15) is 0 Å². The SMILES string of the molecule is CCC(=O)OOCC(=O)O. The molecule has 0 saturated heterocycles. The van der Waals surface area contributed by atoms with Crippen LogP contribution in [0, 0.1) is 0 Å². The molecule has 0 unspecified atom stereocenters. The largest absolute Gasteiger partial charge is 0.479 e. The third-order valence-electron chi connectivity index (χ3n) is 0.623. The fraction of sp³-hybridized carbons (Fsp3) is 0.600. The summed E-state index contributed by atoms with van der Waals surface area (Å²) in [4.78, 5) is 28.0. The van der Waals surface area contributed by atoms with Crippen molar-refractivity contribution >= 4 is 11.9 Å². The summed E-state index contributed by atoms with van der Waals surface area (Å²) < 4.78 is 0. The van der Waals surface area contributed by atoms with E-state index in [1.165, 1.54) is 0 Å². The Kier molecular flexibility index (Phi) is 4.23. The van der Waals surface area contributed by atoms with Gasteiger partial charge in [-0.05, 0) is 0 Å². The number of carboxylic acid groups (broad SMARTS) is 1. The molecule has 5 nitrogen and oxygen atoms in total. The molecule has 5 heteroatoms. The molecule has 0 rings (SSSR count). The number of hydrogen-bond donors (Lipinski definition) is 1. The van der Waals surface area contributed by atoms with E-state index in [9.17, 15) is 9.59 Å². The van der Waals surface area contributed by atoms with Gasteiger partial charge in [-0.15, -0.1) is 0 Å². The summed E-state index contributed by atoms with van der Waals surface area (Å²) >= 11 is 0. The average Bonchev–Trinajstić information content (AvgIpc) is 1.87. The number of aliphatic carboxylic acids is 1. The molecule has 0 bridgehead atoms. The molecule has 0 saturated carbocycles. The Labute approximate surface area is 57.5 Å². The molecule has 0 spiro atoms. The van der Waals surface area contributed by atoms with E-state index in [4.69, 9.17) is 5.11 Å². The van der Waals surface area contributed by atoms with Crippen molar-refractivity contribution < 1.29 is 24.5 Å². The molecule has 0 aromatic heterocycles. The van der Waals surface area contributed by atoms with Crippen LogP contribution in [0.15, 0.2) is 0 Å². The van der Waals surface area contributed by atoms with Gasteiger partial charge in [-0.3, -0.25) is 4.89 Å². The Balaban J connectivity index is 3.20. The van der Waals surface area contributed by atoms with Crippen LogP contribution in [0.3, 0.4) is 0 Å². The fourth-order valence-electron chi connectivity index (χ4n) is 0.205. The van der Waals surface area contributed by atoms with Crippen LogP contribution in [0.4, 0.5) is 0 Å². The van der Waals surface area contributed by atoms with E-state index in [1.54, 1.807) is 6.92 Å². The van der Waals surface area contributed by atoms with Gasteiger partial charge in [0.05, 0.1) is 0 Å². The van der Waals surface area contributed by atoms with Crippen molar-refractivity contribution in [3.05, 3.63) is 0 Å². The molecule has 0 heterocycles. The van der Waals surface area contributed by atoms with Crippen molar-refractivity contribution in [1.29, 1.82) is 0 Å². The average molecular weight is 148 g/mol. The summed E-state index contributed by atoms with van der Waals surface area (Å²) in [5.74, 6) is -1.76. The monoisotopic (exact) mass is 148 g/mol. The number of carboxylic acids is 1. The van der Waals surface area contributed by atoms with Crippen molar-refractivity contribution in [2.45, 2.75) is 13.3 Å². The lowest BCUT2D eigenvalue weighted by Crippen LogP contribution is -2.10. The van der Waals surface area contributed by atoms with E-state index in [1.807, 2.05) is 0 Å². The number of rotatable bonds is 4. The molecular formula is C5H8O5.